The summed E-state index contributed by atoms with van der Waals surface area (Å²) in [6, 6.07) is 0. The van der Waals surface area contributed by atoms with Crippen molar-refractivity contribution >= 4 is 17.9 Å². The van der Waals surface area contributed by atoms with Crippen LogP contribution in [0.3, 0.4) is 0 Å². The predicted molar refractivity (Wildman–Crippen MR) is 270 cm³/mol. The zero-order valence-electron chi connectivity index (χ0n) is 40.8. The van der Waals surface area contributed by atoms with E-state index in [0.717, 1.165) is 89.9 Å². The summed E-state index contributed by atoms with van der Waals surface area (Å²) in [4.78, 5) is 37.9. The van der Waals surface area contributed by atoms with Gasteiger partial charge in [-0.15, -0.1) is 0 Å². The first-order chi connectivity index (χ1) is 31.0. The first-order valence-corrected chi connectivity index (χ1v) is 25.8. The Morgan fingerprint density at radius 1 is 0.333 bits per heavy atom. The molecule has 6 nitrogen and oxygen atoms in total. The fraction of sp³-hybridized carbons (Fsp3) is 0.667. The number of unbranched alkanes of at least 4 members (excludes halogenated alkanes) is 22. The second-order valence-corrected chi connectivity index (χ2v) is 16.8. The number of allylic oxidation sites excluding steroid dienone is 16. The lowest BCUT2D eigenvalue weighted by Gasteiger charge is -2.18. The molecular weight excluding hydrogens is 781 g/mol. The normalized spacial score (nSPS) is 12.9. The summed E-state index contributed by atoms with van der Waals surface area (Å²) >= 11 is 0. The van der Waals surface area contributed by atoms with E-state index in [-0.39, 0.29) is 44.0 Å². The van der Waals surface area contributed by atoms with Gasteiger partial charge in [-0.1, -0.05) is 221 Å². The molecule has 0 radical (unpaired) electrons. The van der Waals surface area contributed by atoms with E-state index in [1.807, 2.05) is 42.5 Å². The van der Waals surface area contributed by atoms with E-state index in [0.29, 0.717) is 12.8 Å². The van der Waals surface area contributed by atoms with Crippen molar-refractivity contribution in [3.8, 4) is 0 Å². The molecule has 0 aliphatic carbocycles. The number of carbonyl (C=O) groups excluding carboxylic acids is 3. The molecule has 0 aromatic carbocycles. The second-order valence-electron chi connectivity index (χ2n) is 16.8. The smallest absolute Gasteiger partial charge is 0.306 e. The van der Waals surface area contributed by atoms with Gasteiger partial charge in [0, 0.05) is 19.3 Å². The van der Waals surface area contributed by atoms with Gasteiger partial charge in [0.1, 0.15) is 13.2 Å². The molecule has 0 aliphatic heterocycles. The Hall–Kier alpha value is -3.67. The molecule has 0 aliphatic rings. The summed E-state index contributed by atoms with van der Waals surface area (Å²) in [6.07, 6.45) is 66.8. The van der Waals surface area contributed by atoms with Crippen molar-refractivity contribution in [2.45, 2.75) is 232 Å². The van der Waals surface area contributed by atoms with Gasteiger partial charge in [-0.2, -0.15) is 0 Å². The van der Waals surface area contributed by atoms with Crippen molar-refractivity contribution in [2.75, 3.05) is 13.2 Å². The van der Waals surface area contributed by atoms with Crippen LogP contribution in [0.1, 0.15) is 226 Å². The van der Waals surface area contributed by atoms with Crippen LogP contribution in [0.5, 0.6) is 0 Å². The SMILES string of the molecule is CCC/C=C/C=C/C=C/C=C/C=C/CCCCCCCC(=O)OCC(COC(=O)CC/C=C/C/C=C/CCCCCCCC)OC(=O)CCCCC/C=C/CCCCCCCCC. The first-order valence-electron chi connectivity index (χ1n) is 25.8. The molecule has 0 fully saturated rings. The Morgan fingerprint density at radius 2 is 0.698 bits per heavy atom. The Kier molecular flexibility index (Phi) is 48.0. The van der Waals surface area contributed by atoms with Crippen LogP contribution in [0.4, 0.5) is 0 Å². The van der Waals surface area contributed by atoms with Gasteiger partial charge >= 0.3 is 17.9 Å². The molecule has 358 valence electrons. The average Bonchev–Trinajstić information content (AvgIpc) is 3.28. The van der Waals surface area contributed by atoms with E-state index < -0.39 is 6.10 Å². The largest absolute Gasteiger partial charge is 0.462 e. The fourth-order valence-corrected chi connectivity index (χ4v) is 6.75. The highest BCUT2D eigenvalue weighted by atomic mass is 16.6. The van der Waals surface area contributed by atoms with Gasteiger partial charge in [0.05, 0.1) is 0 Å². The van der Waals surface area contributed by atoms with Gasteiger partial charge in [-0.05, 0) is 83.5 Å². The van der Waals surface area contributed by atoms with Crippen molar-refractivity contribution in [1.82, 2.24) is 0 Å². The zero-order valence-corrected chi connectivity index (χ0v) is 40.8. The Balaban J connectivity index is 4.53. The average molecular weight is 875 g/mol. The topological polar surface area (TPSA) is 78.9 Å². The quantitative estimate of drug-likeness (QED) is 0.0199. The van der Waals surface area contributed by atoms with Crippen molar-refractivity contribution in [3.05, 3.63) is 97.2 Å². The highest BCUT2D eigenvalue weighted by Gasteiger charge is 2.19. The molecule has 0 heterocycles. The number of esters is 3. The molecule has 0 aromatic heterocycles. The minimum atomic E-state index is -0.819. The summed E-state index contributed by atoms with van der Waals surface area (Å²) < 4.78 is 16.7. The van der Waals surface area contributed by atoms with E-state index >= 15 is 0 Å². The number of carbonyl (C=O) groups is 3. The molecule has 63 heavy (non-hydrogen) atoms. The van der Waals surface area contributed by atoms with Gasteiger partial charge in [0.2, 0.25) is 0 Å². The Labute approximate surface area is 387 Å². The summed E-state index contributed by atoms with van der Waals surface area (Å²) in [7, 11) is 0. The number of rotatable bonds is 45. The van der Waals surface area contributed by atoms with Crippen molar-refractivity contribution in [2.24, 2.45) is 0 Å². The Bertz CT molecular complexity index is 1280. The van der Waals surface area contributed by atoms with E-state index in [1.165, 1.54) is 89.9 Å². The van der Waals surface area contributed by atoms with Gasteiger partial charge < -0.3 is 14.2 Å². The number of hydrogen-bond acceptors (Lipinski definition) is 6. The summed E-state index contributed by atoms with van der Waals surface area (Å²) in [6.45, 7) is 6.44. The highest BCUT2D eigenvalue weighted by molar-refractivity contribution is 5.71. The van der Waals surface area contributed by atoms with E-state index in [1.54, 1.807) is 0 Å². The molecule has 0 spiro atoms. The number of ether oxygens (including phenoxy) is 3. The van der Waals surface area contributed by atoms with Crippen LogP contribution in [-0.2, 0) is 28.6 Å². The van der Waals surface area contributed by atoms with Crippen LogP contribution >= 0.6 is 0 Å². The summed E-state index contributed by atoms with van der Waals surface area (Å²) in [5.41, 5.74) is 0. The van der Waals surface area contributed by atoms with E-state index in [2.05, 4.69) is 75.5 Å². The molecule has 6 heteroatoms. The zero-order chi connectivity index (χ0) is 45.8. The van der Waals surface area contributed by atoms with E-state index in [9.17, 15) is 14.4 Å². The molecule has 0 amide bonds. The third kappa shape index (κ3) is 49.2. The minimum absolute atomic E-state index is 0.115. The van der Waals surface area contributed by atoms with Crippen molar-refractivity contribution in [1.29, 1.82) is 0 Å². The van der Waals surface area contributed by atoms with Gasteiger partial charge in [0.25, 0.3) is 0 Å². The van der Waals surface area contributed by atoms with Crippen molar-refractivity contribution in [3.63, 3.8) is 0 Å². The van der Waals surface area contributed by atoms with Gasteiger partial charge in [0.15, 0.2) is 6.10 Å². The molecular formula is C57H94O6. The van der Waals surface area contributed by atoms with Crippen LogP contribution in [0.25, 0.3) is 0 Å². The lowest BCUT2D eigenvalue weighted by molar-refractivity contribution is -0.166. The molecule has 0 rings (SSSR count). The predicted octanol–water partition coefficient (Wildman–Crippen LogP) is 17.0. The maximum Gasteiger partial charge on any atom is 0.306 e. The molecule has 0 bridgehead atoms. The molecule has 0 saturated heterocycles. The third-order valence-corrected chi connectivity index (χ3v) is 10.7. The number of hydrogen-bond donors (Lipinski definition) is 0. The molecule has 0 saturated carbocycles. The Morgan fingerprint density at radius 3 is 1.21 bits per heavy atom. The minimum Gasteiger partial charge on any atom is -0.462 e. The lowest BCUT2D eigenvalue weighted by atomic mass is 10.1. The molecule has 0 aromatic rings. The maximum absolute atomic E-state index is 12.8. The van der Waals surface area contributed by atoms with Crippen LogP contribution in [-0.4, -0.2) is 37.2 Å². The molecule has 1 unspecified atom stereocenters. The van der Waals surface area contributed by atoms with Gasteiger partial charge in [-0.3, -0.25) is 14.4 Å². The summed E-state index contributed by atoms with van der Waals surface area (Å²) in [5.74, 6) is -1.03. The van der Waals surface area contributed by atoms with Crippen LogP contribution < -0.4 is 0 Å². The lowest BCUT2D eigenvalue weighted by Crippen LogP contribution is -2.30. The monoisotopic (exact) mass is 875 g/mol. The highest BCUT2D eigenvalue weighted by Crippen LogP contribution is 2.13. The maximum atomic E-state index is 12.8. The second kappa shape index (κ2) is 51.0. The fourth-order valence-electron chi connectivity index (χ4n) is 6.75. The standard InChI is InChI=1S/C57H94O6/c1-4-7-10-13-16-19-22-25-27-28-29-30-33-35-38-41-44-47-50-56(59)62-53-54(52-61-55(58)49-46-43-40-37-34-31-24-21-18-15-12-9-6-3)63-57(60)51-48-45-42-39-36-32-26-23-20-17-14-11-8-5-2/h10,13,16,19,22,25,27-32,34,36,40,43,54H,4-9,11-12,14-15,17-18,20-21,23-24,26,33,35,37-39,41-42,44-53H2,1-3H3/b13-10+,19-16+,25-22+,28-27+,30-29+,34-31+,36-32+,43-40+. The molecule has 0 N–H and O–H groups in total. The van der Waals surface area contributed by atoms with Gasteiger partial charge in [-0.25, -0.2) is 0 Å². The third-order valence-electron chi connectivity index (χ3n) is 10.7. The van der Waals surface area contributed by atoms with E-state index in [4.69, 9.17) is 14.2 Å². The first kappa shape index (κ1) is 59.3. The van der Waals surface area contributed by atoms with Crippen LogP contribution in [0, 0.1) is 0 Å². The summed E-state index contributed by atoms with van der Waals surface area (Å²) in [5, 5.41) is 0. The van der Waals surface area contributed by atoms with Crippen molar-refractivity contribution < 1.29 is 28.6 Å². The van der Waals surface area contributed by atoms with Crippen LogP contribution in [0.2, 0.25) is 0 Å². The van der Waals surface area contributed by atoms with Crippen LogP contribution in [0.15, 0.2) is 97.2 Å². The molecule has 1 atom stereocenters.